The second-order valence-corrected chi connectivity index (χ2v) is 4.38. The van der Waals surface area contributed by atoms with Crippen LogP contribution in [0.15, 0.2) is 6.20 Å². The van der Waals surface area contributed by atoms with Crippen molar-refractivity contribution < 1.29 is 9.53 Å². The van der Waals surface area contributed by atoms with E-state index in [1.54, 1.807) is 0 Å². The Balaban J connectivity index is 2.82. The van der Waals surface area contributed by atoms with Crippen LogP contribution in [0.4, 0.5) is 5.95 Å². The average molecular weight is 238 g/mol. The van der Waals surface area contributed by atoms with Crippen LogP contribution in [0.25, 0.3) is 0 Å². The first-order valence-corrected chi connectivity index (χ1v) is 5.48. The molecule has 94 valence electrons. The second-order valence-electron chi connectivity index (χ2n) is 4.38. The van der Waals surface area contributed by atoms with Gasteiger partial charge in [-0.05, 0) is 20.3 Å². The average Bonchev–Trinajstić information content (AvgIpc) is 2.29. The number of ketones is 1. The zero-order valence-electron chi connectivity index (χ0n) is 10.6. The maximum atomic E-state index is 11.5. The Morgan fingerprint density at radius 3 is 2.82 bits per heavy atom. The topological polar surface area (TPSA) is 77.0 Å². The monoisotopic (exact) mass is 238 g/mol. The number of Topliss-reactive ketones (excluding diaryl/α,β-unsaturated/α-hetero) is 1. The van der Waals surface area contributed by atoms with E-state index < -0.39 is 0 Å². The van der Waals surface area contributed by atoms with E-state index in [9.17, 15) is 4.79 Å². The van der Waals surface area contributed by atoms with Crippen molar-refractivity contribution in [1.82, 2.24) is 15.2 Å². The molecule has 0 saturated heterocycles. The molecular formula is C11H18N4O2. The molecule has 6 nitrogen and oxygen atoms in total. The molecule has 0 amide bonds. The number of carbonyl (C=O) groups is 1. The molecule has 0 aliphatic carbocycles. The summed E-state index contributed by atoms with van der Waals surface area (Å²) in [6.07, 6.45) is 2.25. The molecule has 1 aromatic heterocycles. The second kappa shape index (κ2) is 5.67. The van der Waals surface area contributed by atoms with Gasteiger partial charge in [-0.3, -0.25) is 4.79 Å². The summed E-state index contributed by atoms with van der Waals surface area (Å²) in [5.74, 6) is 0.151. The minimum absolute atomic E-state index is 0.00466. The maximum Gasteiger partial charge on any atom is 0.243 e. The summed E-state index contributed by atoms with van der Waals surface area (Å²) in [7, 11) is 1.46. The number of rotatable bonds is 6. The summed E-state index contributed by atoms with van der Waals surface area (Å²) in [5, 5.41) is 10.7. The Morgan fingerprint density at radius 2 is 2.24 bits per heavy atom. The molecular weight excluding hydrogens is 220 g/mol. The zero-order chi connectivity index (χ0) is 12.9. The lowest BCUT2D eigenvalue weighted by Crippen LogP contribution is -2.31. The molecule has 1 aromatic rings. The molecule has 0 aromatic carbocycles. The van der Waals surface area contributed by atoms with Gasteiger partial charge in [0.05, 0.1) is 6.20 Å². The molecule has 0 atom stereocenters. The fourth-order valence-electron chi connectivity index (χ4n) is 1.09. The Labute approximate surface area is 101 Å². The highest BCUT2D eigenvalue weighted by Crippen LogP contribution is 2.13. The van der Waals surface area contributed by atoms with E-state index in [0.29, 0.717) is 5.95 Å². The van der Waals surface area contributed by atoms with Crippen LogP contribution >= 0.6 is 0 Å². The van der Waals surface area contributed by atoms with E-state index in [1.165, 1.54) is 13.3 Å². The highest BCUT2D eigenvalue weighted by Gasteiger charge is 2.17. The molecule has 1 rings (SSSR count). The lowest BCUT2D eigenvalue weighted by atomic mass is 10.0. The van der Waals surface area contributed by atoms with Crippen LogP contribution in [0.3, 0.4) is 0 Å². The molecule has 0 spiro atoms. The van der Waals surface area contributed by atoms with Crippen molar-refractivity contribution >= 4 is 11.7 Å². The molecule has 0 bridgehead atoms. The van der Waals surface area contributed by atoms with Gasteiger partial charge >= 0.3 is 0 Å². The number of hydrogen-bond donors (Lipinski definition) is 1. The number of carbonyl (C=O) groups excluding carboxylic acids is 1. The Bertz CT molecular complexity index is 393. The summed E-state index contributed by atoms with van der Waals surface area (Å²) in [6.45, 7) is 6.11. The zero-order valence-corrected chi connectivity index (χ0v) is 10.6. The predicted octanol–water partition coefficient (Wildman–Crippen LogP) is 1.30. The molecule has 0 aliphatic rings. The van der Waals surface area contributed by atoms with Crippen LogP contribution < -0.4 is 5.32 Å². The molecule has 0 aliphatic heterocycles. The molecule has 1 heterocycles. The molecule has 0 fully saturated rings. The van der Waals surface area contributed by atoms with Crippen LogP contribution in [0.1, 0.15) is 37.7 Å². The van der Waals surface area contributed by atoms with Gasteiger partial charge in [-0.1, -0.05) is 6.92 Å². The quantitative estimate of drug-likeness (QED) is 0.753. The van der Waals surface area contributed by atoms with Gasteiger partial charge in [0.25, 0.3) is 0 Å². The largest absolute Gasteiger partial charge is 0.376 e. The van der Waals surface area contributed by atoms with Crippen molar-refractivity contribution in [2.45, 2.75) is 32.7 Å². The van der Waals surface area contributed by atoms with E-state index in [0.717, 1.165) is 6.42 Å². The van der Waals surface area contributed by atoms with Crippen LogP contribution in [0, 0.1) is 0 Å². The van der Waals surface area contributed by atoms with Crippen molar-refractivity contribution in [2.75, 3.05) is 19.0 Å². The van der Waals surface area contributed by atoms with Crippen molar-refractivity contribution in [3.05, 3.63) is 11.9 Å². The molecule has 6 heteroatoms. The Morgan fingerprint density at radius 1 is 1.53 bits per heavy atom. The number of ether oxygens (including phenoxy) is 1. The van der Waals surface area contributed by atoms with Crippen molar-refractivity contribution in [3.8, 4) is 0 Å². The summed E-state index contributed by atoms with van der Waals surface area (Å²) in [6, 6.07) is 0. The van der Waals surface area contributed by atoms with Gasteiger partial charge in [-0.15, -0.1) is 5.10 Å². The van der Waals surface area contributed by atoms with Crippen molar-refractivity contribution in [2.24, 2.45) is 0 Å². The highest BCUT2D eigenvalue weighted by molar-refractivity contribution is 5.95. The number of anilines is 1. The van der Waals surface area contributed by atoms with Crippen LogP contribution in [-0.4, -0.2) is 40.2 Å². The maximum absolute atomic E-state index is 11.5. The minimum Gasteiger partial charge on any atom is -0.376 e. The Hall–Kier alpha value is -1.56. The third-order valence-electron chi connectivity index (χ3n) is 2.45. The van der Waals surface area contributed by atoms with Crippen molar-refractivity contribution in [1.29, 1.82) is 0 Å². The minimum atomic E-state index is -0.209. The third kappa shape index (κ3) is 4.07. The van der Waals surface area contributed by atoms with Gasteiger partial charge in [0.1, 0.15) is 12.3 Å². The first kappa shape index (κ1) is 13.5. The molecule has 17 heavy (non-hydrogen) atoms. The standard InChI is InChI=1S/C11H18N4O2/c1-5-11(2,3)14-10-13-8(6-12-15-10)9(16)7-17-4/h6H,5,7H2,1-4H3,(H,13,14,15). The first-order valence-electron chi connectivity index (χ1n) is 5.48. The van der Waals surface area contributed by atoms with E-state index >= 15 is 0 Å². The van der Waals surface area contributed by atoms with E-state index in [-0.39, 0.29) is 23.6 Å². The third-order valence-corrected chi connectivity index (χ3v) is 2.45. The fourth-order valence-corrected chi connectivity index (χ4v) is 1.09. The normalized spacial score (nSPS) is 11.3. The van der Waals surface area contributed by atoms with E-state index in [2.05, 4.69) is 27.4 Å². The fraction of sp³-hybridized carbons (Fsp3) is 0.636. The lowest BCUT2D eigenvalue weighted by Gasteiger charge is -2.23. The van der Waals surface area contributed by atoms with Crippen LogP contribution in [-0.2, 0) is 4.74 Å². The van der Waals surface area contributed by atoms with E-state index in [4.69, 9.17) is 4.74 Å². The van der Waals surface area contributed by atoms with Crippen LogP contribution in [0.2, 0.25) is 0 Å². The summed E-state index contributed by atoms with van der Waals surface area (Å²) in [5.41, 5.74) is 0.126. The van der Waals surface area contributed by atoms with Gasteiger partial charge in [-0.2, -0.15) is 5.10 Å². The lowest BCUT2D eigenvalue weighted by molar-refractivity contribution is 0.0842. The SMILES string of the molecule is CCC(C)(C)Nc1nncc(C(=O)COC)n1. The molecule has 0 unspecified atom stereocenters. The predicted molar refractivity (Wildman–Crippen MR) is 64.0 cm³/mol. The van der Waals surface area contributed by atoms with Gasteiger partial charge in [-0.25, -0.2) is 4.98 Å². The number of methoxy groups -OCH3 is 1. The van der Waals surface area contributed by atoms with E-state index in [1.807, 2.05) is 13.8 Å². The molecule has 0 saturated carbocycles. The van der Waals surface area contributed by atoms with Gasteiger partial charge in [0, 0.05) is 12.6 Å². The Kier molecular flexibility index (Phi) is 4.51. The number of nitrogens with one attached hydrogen (secondary N) is 1. The molecule has 1 N–H and O–H groups in total. The van der Waals surface area contributed by atoms with Gasteiger partial charge in [0.2, 0.25) is 11.7 Å². The summed E-state index contributed by atoms with van der Waals surface area (Å²) >= 11 is 0. The number of aromatic nitrogens is 3. The molecule has 0 radical (unpaired) electrons. The van der Waals surface area contributed by atoms with Gasteiger partial charge in [0.15, 0.2) is 0 Å². The number of hydrogen-bond acceptors (Lipinski definition) is 6. The van der Waals surface area contributed by atoms with Crippen LogP contribution in [0.5, 0.6) is 0 Å². The van der Waals surface area contributed by atoms with Gasteiger partial charge < -0.3 is 10.1 Å². The highest BCUT2D eigenvalue weighted by atomic mass is 16.5. The van der Waals surface area contributed by atoms with Crippen molar-refractivity contribution in [3.63, 3.8) is 0 Å². The number of nitrogens with zero attached hydrogens (tertiary/aromatic N) is 3. The first-order chi connectivity index (χ1) is 7.98. The summed E-state index contributed by atoms with van der Waals surface area (Å²) in [4.78, 5) is 15.7. The smallest absolute Gasteiger partial charge is 0.243 e. The summed E-state index contributed by atoms with van der Waals surface area (Å²) < 4.78 is 4.76.